The second kappa shape index (κ2) is 4.57. The van der Waals surface area contributed by atoms with Crippen molar-refractivity contribution in [2.75, 3.05) is 19.0 Å². The molecule has 0 radical (unpaired) electrons. The van der Waals surface area contributed by atoms with Crippen molar-refractivity contribution in [2.45, 2.75) is 31.6 Å². The van der Waals surface area contributed by atoms with Crippen molar-refractivity contribution in [3.8, 4) is 0 Å². The van der Waals surface area contributed by atoms with E-state index in [0.717, 1.165) is 4.60 Å². The lowest BCUT2D eigenvalue weighted by molar-refractivity contribution is 0.664. The molecule has 0 spiro atoms. The zero-order valence-electron chi connectivity index (χ0n) is 10.9. The van der Waals surface area contributed by atoms with Crippen molar-refractivity contribution in [1.82, 2.24) is 9.38 Å². The Morgan fingerprint density at radius 3 is 2.72 bits per heavy atom. The molecule has 0 aliphatic heterocycles. The molecule has 1 saturated carbocycles. The lowest BCUT2D eigenvalue weighted by Crippen LogP contribution is -2.10. The van der Waals surface area contributed by atoms with Crippen molar-refractivity contribution >= 4 is 27.1 Å². The molecule has 2 heterocycles. The van der Waals surface area contributed by atoms with E-state index in [0.29, 0.717) is 5.92 Å². The van der Waals surface area contributed by atoms with E-state index in [2.05, 4.69) is 57.7 Å². The molecule has 1 fully saturated rings. The van der Waals surface area contributed by atoms with Gasteiger partial charge in [0.2, 0.25) is 0 Å². The van der Waals surface area contributed by atoms with E-state index < -0.39 is 0 Å². The molecule has 96 valence electrons. The summed E-state index contributed by atoms with van der Waals surface area (Å²) in [5.74, 6) is 1.85. The number of fused-ring (bicyclic) bond motifs is 1. The Bertz CT molecular complexity index is 568. The average molecular weight is 308 g/mol. The largest absolute Gasteiger partial charge is 0.376 e. The molecule has 2 aromatic heterocycles. The Morgan fingerprint density at radius 2 is 2.06 bits per heavy atom. The van der Waals surface area contributed by atoms with Crippen molar-refractivity contribution in [3.05, 3.63) is 28.8 Å². The quantitative estimate of drug-likeness (QED) is 0.841. The monoisotopic (exact) mass is 307 g/mol. The number of imidazole rings is 1. The molecular formula is C14H18BrN3. The summed E-state index contributed by atoms with van der Waals surface area (Å²) < 4.78 is 3.23. The van der Waals surface area contributed by atoms with Crippen molar-refractivity contribution in [3.63, 3.8) is 0 Å². The van der Waals surface area contributed by atoms with Gasteiger partial charge in [0, 0.05) is 26.2 Å². The molecule has 2 aromatic rings. The molecule has 3 rings (SSSR count). The molecule has 1 aliphatic rings. The second-order valence-electron chi connectivity index (χ2n) is 5.25. The number of pyridine rings is 1. The normalized spacial score (nSPS) is 16.6. The van der Waals surface area contributed by atoms with Gasteiger partial charge in [-0.15, -0.1) is 0 Å². The molecule has 0 atom stereocenters. The average Bonchev–Trinajstić information content (AvgIpc) is 2.97. The van der Waals surface area contributed by atoms with Crippen LogP contribution in [-0.4, -0.2) is 23.5 Å². The zero-order valence-corrected chi connectivity index (χ0v) is 12.4. The predicted octanol–water partition coefficient (Wildman–Crippen LogP) is 3.82. The molecule has 0 saturated heterocycles. The van der Waals surface area contributed by atoms with E-state index in [1.54, 1.807) is 0 Å². The summed E-state index contributed by atoms with van der Waals surface area (Å²) in [7, 11) is 4.15. The van der Waals surface area contributed by atoms with Crippen LogP contribution >= 0.6 is 15.9 Å². The minimum Gasteiger partial charge on any atom is -0.376 e. The van der Waals surface area contributed by atoms with Gasteiger partial charge in [-0.25, -0.2) is 4.98 Å². The van der Waals surface area contributed by atoms with Gasteiger partial charge in [-0.1, -0.05) is 12.8 Å². The molecule has 0 bridgehead atoms. The van der Waals surface area contributed by atoms with Crippen LogP contribution in [0.15, 0.2) is 22.9 Å². The van der Waals surface area contributed by atoms with E-state index in [4.69, 9.17) is 4.98 Å². The third-order valence-corrected chi connectivity index (χ3v) is 4.38. The van der Waals surface area contributed by atoms with Crippen LogP contribution in [0.25, 0.3) is 5.52 Å². The van der Waals surface area contributed by atoms with Gasteiger partial charge in [0.15, 0.2) is 0 Å². The Balaban J connectivity index is 2.20. The van der Waals surface area contributed by atoms with Crippen LogP contribution in [0.1, 0.15) is 37.4 Å². The fourth-order valence-electron chi connectivity index (χ4n) is 2.93. The maximum Gasteiger partial charge on any atom is 0.134 e. The fraction of sp³-hybridized carbons (Fsp3) is 0.500. The first-order valence-electron chi connectivity index (χ1n) is 6.52. The minimum atomic E-state index is 0.626. The maximum atomic E-state index is 4.77. The van der Waals surface area contributed by atoms with Gasteiger partial charge in [-0.3, -0.25) is 0 Å². The van der Waals surface area contributed by atoms with E-state index in [1.807, 2.05) is 0 Å². The van der Waals surface area contributed by atoms with Crippen LogP contribution in [-0.2, 0) is 0 Å². The van der Waals surface area contributed by atoms with Crippen LogP contribution < -0.4 is 4.90 Å². The smallest absolute Gasteiger partial charge is 0.134 e. The number of hydrogen-bond acceptors (Lipinski definition) is 2. The van der Waals surface area contributed by atoms with Gasteiger partial charge in [0.25, 0.3) is 0 Å². The highest BCUT2D eigenvalue weighted by Crippen LogP contribution is 2.37. The summed E-state index contributed by atoms with van der Waals surface area (Å²) in [6.07, 6.45) is 7.36. The zero-order chi connectivity index (χ0) is 12.7. The van der Waals surface area contributed by atoms with Gasteiger partial charge >= 0.3 is 0 Å². The highest BCUT2D eigenvalue weighted by molar-refractivity contribution is 9.10. The van der Waals surface area contributed by atoms with Crippen LogP contribution in [0.5, 0.6) is 0 Å². The Labute approximate surface area is 116 Å². The molecular weight excluding hydrogens is 290 g/mol. The van der Waals surface area contributed by atoms with E-state index in [-0.39, 0.29) is 0 Å². The van der Waals surface area contributed by atoms with Crippen molar-refractivity contribution in [2.24, 2.45) is 0 Å². The van der Waals surface area contributed by atoms with Gasteiger partial charge in [0.05, 0.1) is 5.69 Å². The third-order valence-electron chi connectivity index (χ3n) is 3.83. The Kier molecular flexibility index (Phi) is 3.06. The summed E-state index contributed by atoms with van der Waals surface area (Å²) in [5.41, 5.74) is 2.39. The van der Waals surface area contributed by atoms with Crippen LogP contribution in [0.2, 0.25) is 0 Å². The van der Waals surface area contributed by atoms with Crippen LogP contribution in [0.4, 0.5) is 5.69 Å². The Hall–Kier alpha value is -1.03. The molecule has 0 amide bonds. The molecule has 18 heavy (non-hydrogen) atoms. The number of rotatable bonds is 2. The standard InChI is InChI=1S/C14H18BrN3/c1-17(2)11-8-5-9-18-12(11)13(15)16-14(18)10-6-3-4-7-10/h5,8-10H,3-4,6-7H2,1-2H3. The van der Waals surface area contributed by atoms with Gasteiger partial charge in [-0.05, 0) is 40.9 Å². The van der Waals surface area contributed by atoms with Gasteiger partial charge < -0.3 is 9.30 Å². The van der Waals surface area contributed by atoms with E-state index >= 15 is 0 Å². The number of halogens is 1. The van der Waals surface area contributed by atoms with Crippen LogP contribution in [0, 0.1) is 0 Å². The summed E-state index contributed by atoms with van der Waals surface area (Å²) in [4.78, 5) is 6.91. The highest BCUT2D eigenvalue weighted by Gasteiger charge is 2.23. The highest BCUT2D eigenvalue weighted by atomic mass is 79.9. The third kappa shape index (κ3) is 1.83. The SMILES string of the molecule is CN(C)c1cccn2c(C3CCCC3)nc(Br)c12. The molecule has 0 aromatic carbocycles. The first kappa shape index (κ1) is 12.0. The molecule has 1 aliphatic carbocycles. The van der Waals surface area contributed by atoms with Gasteiger partial charge in [0.1, 0.15) is 15.9 Å². The van der Waals surface area contributed by atoms with Gasteiger partial charge in [-0.2, -0.15) is 0 Å². The first-order valence-corrected chi connectivity index (χ1v) is 7.31. The lowest BCUT2D eigenvalue weighted by atomic mass is 10.1. The second-order valence-corrected chi connectivity index (χ2v) is 6.00. The molecule has 0 N–H and O–H groups in total. The minimum absolute atomic E-state index is 0.626. The fourth-order valence-corrected chi connectivity index (χ4v) is 3.51. The summed E-state index contributed by atoms with van der Waals surface area (Å²) in [6, 6.07) is 4.25. The number of aromatic nitrogens is 2. The number of hydrogen-bond donors (Lipinski definition) is 0. The van der Waals surface area contributed by atoms with Crippen molar-refractivity contribution in [1.29, 1.82) is 0 Å². The molecule has 4 heteroatoms. The van der Waals surface area contributed by atoms with E-state index in [9.17, 15) is 0 Å². The molecule has 0 unspecified atom stereocenters. The summed E-state index contributed by atoms with van der Waals surface area (Å²) in [5, 5.41) is 0. The number of nitrogens with zero attached hydrogens (tertiary/aromatic N) is 3. The first-order chi connectivity index (χ1) is 8.68. The molecule has 3 nitrogen and oxygen atoms in total. The summed E-state index contributed by atoms with van der Waals surface area (Å²) in [6.45, 7) is 0. The maximum absolute atomic E-state index is 4.77. The lowest BCUT2D eigenvalue weighted by Gasteiger charge is -2.15. The van der Waals surface area contributed by atoms with Crippen molar-refractivity contribution < 1.29 is 0 Å². The van der Waals surface area contributed by atoms with Crippen LogP contribution in [0.3, 0.4) is 0 Å². The predicted molar refractivity (Wildman–Crippen MR) is 78.4 cm³/mol. The van der Waals surface area contributed by atoms with E-state index in [1.165, 1.54) is 42.7 Å². The Morgan fingerprint density at radius 1 is 1.33 bits per heavy atom. The number of anilines is 1. The topological polar surface area (TPSA) is 20.5 Å². The summed E-state index contributed by atoms with van der Waals surface area (Å²) >= 11 is 3.63.